The maximum Gasteiger partial charge on any atom is 0.254 e. The van der Waals surface area contributed by atoms with Gasteiger partial charge in [-0.2, -0.15) is 0 Å². The summed E-state index contributed by atoms with van der Waals surface area (Å²) in [6, 6.07) is 18.2. The lowest BCUT2D eigenvalue weighted by Crippen LogP contribution is -2.47. The fourth-order valence-corrected chi connectivity index (χ4v) is 4.98. The molecule has 1 aliphatic heterocycles. The highest BCUT2D eigenvalue weighted by Crippen LogP contribution is 2.44. The molecule has 0 saturated carbocycles. The standard InChI is InChI=1S/C25H26N2O4S/c1-3-31-18-12-10-17(11-13-18)26-24(28)22-19-7-4-5-8-20(19)25(29)27(14-15-30-2)23(22)21-9-6-16-32-21/h4-13,16,22-23H,3,14-15H2,1-2H3,(H,26,28)/t22-,23+/m0/s1. The summed E-state index contributed by atoms with van der Waals surface area (Å²) in [5, 5.41) is 5.01. The van der Waals surface area contributed by atoms with Crippen LogP contribution in [0.4, 0.5) is 5.69 Å². The van der Waals surface area contributed by atoms with E-state index in [4.69, 9.17) is 9.47 Å². The first-order chi connectivity index (χ1) is 15.6. The fraction of sp³-hybridized carbons (Fsp3) is 0.280. The van der Waals surface area contributed by atoms with E-state index in [0.29, 0.717) is 31.0 Å². The molecule has 2 atom stereocenters. The third-order valence-corrected chi connectivity index (χ3v) is 6.47. The average molecular weight is 451 g/mol. The number of carbonyl (C=O) groups excluding carboxylic acids is 2. The Kier molecular flexibility index (Phi) is 6.87. The normalized spacial score (nSPS) is 17.7. The Morgan fingerprint density at radius 2 is 1.88 bits per heavy atom. The summed E-state index contributed by atoms with van der Waals surface area (Å²) in [4.78, 5) is 29.8. The molecule has 1 N–H and O–H groups in total. The van der Waals surface area contributed by atoms with E-state index in [1.165, 1.54) is 0 Å². The van der Waals surface area contributed by atoms with Gasteiger partial charge in [-0.3, -0.25) is 9.59 Å². The average Bonchev–Trinajstić information content (AvgIpc) is 3.34. The van der Waals surface area contributed by atoms with E-state index in [1.807, 2.05) is 66.9 Å². The molecule has 32 heavy (non-hydrogen) atoms. The second-order valence-corrected chi connectivity index (χ2v) is 8.44. The molecule has 7 heteroatoms. The molecule has 2 heterocycles. The largest absolute Gasteiger partial charge is 0.494 e. The lowest BCUT2D eigenvalue weighted by Gasteiger charge is -2.41. The zero-order chi connectivity index (χ0) is 22.5. The van der Waals surface area contributed by atoms with E-state index < -0.39 is 12.0 Å². The third kappa shape index (κ3) is 4.40. The Hall–Kier alpha value is -3.16. The molecule has 1 aromatic heterocycles. The van der Waals surface area contributed by atoms with E-state index in [9.17, 15) is 9.59 Å². The van der Waals surface area contributed by atoms with Crippen LogP contribution in [0.5, 0.6) is 5.75 Å². The van der Waals surface area contributed by atoms with E-state index in [0.717, 1.165) is 16.2 Å². The highest BCUT2D eigenvalue weighted by atomic mass is 32.1. The topological polar surface area (TPSA) is 67.9 Å². The van der Waals surface area contributed by atoms with Crippen LogP contribution in [0.15, 0.2) is 66.0 Å². The molecule has 2 amide bonds. The second kappa shape index (κ2) is 9.97. The SMILES string of the molecule is CCOc1ccc(NC(=O)[C@H]2c3ccccc3C(=O)N(CCOC)[C@@H]2c2cccs2)cc1. The third-order valence-electron chi connectivity index (χ3n) is 5.52. The molecule has 4 rings (SSSR count). The highest BCUT2D eigenvalue weighted by molar-refractivity contribution is 7.10. The molecule has 0 saturated heterocycles. The summed E-state index contributed by atoms with van der Waals surface area (Å²) in [5.41, 5.74) is 1.98. The highest BCUT2D eigenvalue weighted by Gasteiger charge is 2.44. The Bertz CT molecular complexity index is 1070. The molecule has 166 valence electrons. The first kappa shape index (κ1) is 22.0. The number of fused-ring (bicyclic) bond motifs is 1. The quantitative estimate of drug-likeness (QED) is 0.540. The summed E-state index contributed by atoms with van der Waals surface area (Å²) in [7, 11) is 1.61. The van der Waals surface area contributed by atoms with Crippen LogP contribution in [-0.4, -0.2) is 43.6 Å². The van der Waals surface area contributed by atoms with Crippen molar-refractivity contribution in [3.63, 3.8) is 0 Å². The molecule has 3 aromatic rings. The van der Waals surface area contributed by atoms with E-state index in [-0.39, 0.29) is 11.8 Å². The molecule has 2 aromatic carbocycles. The number of methoxy groups -OCH3 is 1. The number of nitrogens with one attached hydrogen (secondary N) is 1. The predicted octanol–water partition coefficient (Wildman–Crippen LogP) is 4.71. The van der Waals surface area contributed by atoms with Gasteiger partial charge in [0.2, 0.25) is 5.91 Å². The van der Waals surface area contributed by atoms with Crippen LogP contribution in [-0.2, 0) is 9.53 Å². The van der Waals surface area contributed by atoms with Crippen molar-refractivity contribution in [2.75, 3.05) is 32.2 Å². The van der Waals surface area contributed by atoms with Crippen molar-refractivity contribution < 1.29 is 19.1 Å². The second-order valence-electron chi connectivity index (χ2n) is 7.46. The van der Waals surface area contributed by atoms with Crippen molar-refractivity contribution in [1.29, 1.82) is 0 Å². The Morgan fingerprint density at radius 1 is 1.09 bits per heavy atom. The molecule has 0 radical (unpaired) electrons. The van der Waals surface area contributed by atoms with Crippen molar-refractivity contribution in [2.24, 2.45) is 0 Å². The van der Waals surface area contributed by atoms with Crippen molar-refractivity contribution in [3.8, 4) is 5.75 Å². The van der Waals surface area contributed by atoms with Crippen molar-refractivity contribution in [3.05, 3.63) is 82.0 Å². The molecule has 0 unspecified atom stereocenters. The number of anilines is 1. The molecule has 6 nitrogen and oxygen atoms in total. The summed E-state index contributed by atoms with van der Waals surface area (Å²) in [6.45, 7) is 3.30. The molecule has 0 spiro atoms. The first-order valence-corrected chi connectivity index (χ1v) is 11.5. The lowest BCUT2D eigenvalue weighted by molar-refractivity contribution is -0.119. The van der Waals surface area contributed by atoms with Gasteiger partial charge in [-0.1, -0.05) is 24.3 Å². The number of hydrogen-bond donors (Lipinski definition) is 1. The minimum atomic E-state index is -0.550. The summed E-state index contributed by atoms with van der Waals surface area (Å²) < 4.78 is 10.8. The minimum absolute atomic E-state index is 0.0823. The van der Waals surface area contributed by atoms with Gasteiger partial charge >= 0.3 is 0 Å². The smallest absolute Gasteiger partial charge is 0.254 e. The van der Waals surface area contributed by atoms with Gasteiger partial charge in [-0.25, -0.2) is 0 Å². The van der Waals surface area contributed by atoms with E-state index >= 15 is 0 Å². The first-order valence-electron chi connectivity index (χ1n) is 10.6. The van der Waals surface area contributed by atoms with Crippen molar-refractivity contribution in [1.82, 2.24) is 4.90 Å². The number of hydrogen-bond acceptors (Lipinski definition) is 5. The number of nitrogens with zero attached hydrogens (tertiary/aromatic N) is 1. The number of thiophene rings is 1. The van der Waals surface area contributed by atoms with Gasteiger partial charge in [0.05, 0.1) is 25.2 Å². The van der Waals surface area contributed by atoms with Gasteiger partial charge in [-0.05, 0) is 54.3 Å². The van der Waals surface area contributed by atoms with Gasteiger partial charge in [0.15, 0.2) is 0 Å². The van der Waals surface area contributed by atoms with Crippen molar-refractivity contribution in [2.45, 2.75) is 18.9 Å². The number of benzene rings is 2. The summed E-state index contributed by atoms with van der Waals surface area (Å²) >= 11 is 1.55. The minimum Gasteiger partial charge on any atom is -0.494 e. The summed E-state index contributed by atoms with van der Waals surface area (Å²) in [5.74, 6) is -0.0385. The number of ether oxygens (including phenoxy) is 2. The van der Waals surface area contributed by atoms with Crippen LogP contribution in [0.25, 0.3) is 0 Å². The maximum absolute atomic E-state index is 13.7. The zero-order valence-electron chi connectivity index (χ0n) is 18.1. The number of rotatable bonds is 8. The molecular weight excluding hydrogens is 424 g/mol. The lowest BCUT2D eigenvalue weighted by atomic mass is 9.81. The van der Waals surface area contributed by atoms with Crippen molar-refractivity contribution >= 4 is 28.8 Å². The zero-order valence-corrected chi connectivity index (χ0v) is 18.9. The molecule has 0 aliphatic carbocycles. The number of carbonyl (C=O) groups is 2. The Balaban J connectivity index is 1.72. The van der Waals surface area contributed by atoms with Gasteiger partial charge in [0.1, 0.15) is 5.75 Å². The van der Waals surface area contributed by atoms with Gasteiger partial charge in [0.25, 0.3) is 5.91 Å². The molecular formula is C25H26N2O4S. The number of amides is 2. The van der Waals surface area contributed by atoms with Crippen LogP contribution in [0.2, 0.25) is 0 Å². The molecule has 0 bridgehead atoms. The predicted molar refractivity (Wildman–Crippen MR) is 125 cm³/mol. The van der Waals surface area contributed by atoms with E-state index in [1.54, 1.807) is 29.4 Å². The summed E-state index contributed by atoms with van der Waals surface area (Å²) in [6.07, 6.45) is 0. The van der Waals surface area contributed by atoms with E-state index in [2.05, 4.69) is 5.32 Å². The van der Waals surface area contributed by atoms with Gasteiger partial charge in [-0.15, -0.1) is 11.3 Å². The monoisotopic (exact) mass is 450 g/mol. The maximum atomic E-state index is 13.7. The van der Waals surface area contributed by atoms with Crippen LogP contribution < -0.4 is 10.1 Å². The van der Waals surface area contributed by atoms with Gasteiger partial charge < -0.3 is 19.7 Å². The van der Waals surface area contributed by atoms with Crippen LogP contribution in [0, 0.1) is 0 Å². The molecule has 0 fully saturated rings. The Labute approximate surface area is 191 Å². The van der Waals surface area contributed by atoms with Crippen LogP contribution in [0.3, 0.4) is 0 Å². The van der Waals surface area contributed by atoms with Crippen LogP contribution >= 0.6 is 11.3 Å². The Morgan fingerprint density at radius 3 is 2.56 bits per heavy atom. The van der Waals surface area contributed by atoms with Crippen LogP contribution in [0.1, 0.15) is 39.7 Å². The fourth-order valence-electron chi connectivity index (χ4n) is 4.11. The molecule has 1 aliphatic rings. The van der Waals surface area contributed by atoms with Gasteiger partial charge in [0, 0.05) is 29.8 Å².